The first-order valence-electron chi connectivity index (χ1n) is 14.2. The third kappa shape index (κ3) is 14.3. The maximum Gasteiger partial charge on any atom is 3.00 e. The smallest absolute Gasteiger partial charge is 0.868 e. The molecule has 0 bridgehead atoms. The first-order valence-corrected chi connectivity index (χ1v) is 14.2. The first kappa shape index (κ1) is 49.4. The van der Waals surface area contributed by atoms with Crippen LogP contribution in [0.15, 0.2) is 0 Å². The van der Waals surface area contributed by atoms with Crippen molar-refractivity contribution in [3.63, 3.8) is 0 Å². The summed E-state index contributed by atoms with van der Waals surface area (Å²) in [4.78, 5) is 0. The molecule has 22 heteroatoms. The van der Waals surface area contributed by atoms with Gasteiger partial charge in [0.25, 0.3) is 0 Å². The molecule has 0 unspecified atom stereocenters. The Bertz CT molecular complexity index is 1070. The summed E-state index contributed by atoms with van der Waals surface area (Å²) in [6, 6.07) is 0. The molecule has 52 heavy (non-hydrogen) atoms. The monoisotopic (exact) mass is 939 g/mol. The maximum absolute atomic E-state index is 12.1. The van der Waals surface area contributed by atoms with E-state index in [0.29, 0.717) is 0 Å². The van der Waals surface area contributed by atoms with Gasteiger partial charge in [-0.1, -0.05) is 0 Å². The molecule has 3 heterocycles. The van der Waals surface area contributed by atoms with Crippen LogP contribution < -0.4 is 15.3 Å². The normalized spacial score (nSPS) is 14.1. The van der Waals surface area contributed by atoms with Gasteiger partial charge < -0.3 is 29.5 Å². The predicted octanol–water partition coefficient (Wildman–Crippen LogP) is 6.76. The van der Waals surface area contributed by atoms with Gasteiger partial charge >= 0.3 is 46.9 Å². The number of rotatable bonds is 0. The van der Waals surface area contributed by atoms with Crippen molar-refractivity contribution >= 4 is 0 Å². The van der Waals surface area contributed by atoms with Gasteiger partial charge in [0.1, 0.15) is 0 Å². The van der Waals surface area contributed by atoms with Gasteiger partial charge in [-0.3, -0.25) is 0 Å². The van der Waals surface area contributed by atoms with Gasteiger partial charge in [0.2, 0.25) is 0 Å². The molecule has 3 saturated heterocycles. The molecule has 0 spiro atoms. The molecule has 0 aliphatic carbocycles. The summed E-state index contributed by atoms with van der Waals surface area (Å²) >= 11 is 0. The van der Waals surface area contributed by atoms with E-state index in [1.54, 1.807) is 0 Å². The Morgan fingerprint density at radius 3 is 0.462 bits per heavy atom. The number of hydrogen-bond donors (Lipinski definition) is 0. The quantitative estimate of drug-likeness (QED) is 0.141. The van der Waals surface area contributed by atoms with Crippen molar-refractivity contribution in [2.24, 2.45) is 0 Å². The summed E-state index contributed by atoms with van der Waals surface area (Å²) in [6.45, 7) is 6.00. The minimum absolute atomic E-state index is 0. The SMILES string of the molecule is C1CCOC1.C1CCOC1.C1CCOC1.[O-]c1c(F)c(F)c(F)c(F)c1F.[O-]c1c(F)c(F)c(F)c(F)c1F.[O-]c1c(F)c(F)c(F)c(F)c1F.[Yb+3]. The fourth-order valence-electron chi connectivity index (χ4n) is 3.29. The average molecular weight is 939 g/mol. The zero-order chi connectivity index (χ0) is 39.0. The van der Waals surface area contributed by atoms with Crippen molar-refractivity contribution in [1.29, 1.82) is 0 Å². The molecule has 3 fully saturated rings. The Labute approximate surface area is 323 Å². The molecule has 0 N–H and O–H groups in total. The van der Waals surface area contributed by atoms with E-state index in [-0.39, 0.29) is 46.9 Å². The molecule has 0 saturated carbocycles. The van der Waals surface area contributed by atoms with E-state index in [9.17, 15) is 81.2 Å². The maximum atomic E-state index is 12.1. The molecule has 3 aromatic rings. The molecule has 0 atom stereocenters. The number of hydrogen-bond acceptors (Lipinski definition) is 6. The van der Waals surface area contributed by atoms with E-state index >= 15 is 0 Å². The van der Waals surface area contributed by atoms with Gasteiger partial charge in [0.05, 0.1) is 0 Å². The second-order valence-electron chi connectivity index (χ2n) is 9.66. The number of ether oxygens (including phenoxy) is 3. The van der Waals surface area contributed by atoms with Crippen LogP contribution in [-0.2, 0) is 14.2 Å². The number of benzene rings is 3. The van der Waals surface area contributed by atoms with E-state index in [4.69, 9.17) is 14.2 Å². The molecular weight excluding hydrogens is 914 g/mol. The fraction of sp³-hybridized carbons (Fsp3) is 0.400. The van der Waals surface area contributed by atoms with E-state index in [2.05, 4.69) is 0 Å². The summed E-state index contributed by atoms with van der Waals surface area (Å²) in [5.74, 6) is -40.7. The second-order valence-corrected chi connectivity index (χ2v) is 9.66. The Kier molecular flexibility index (Phi) is 23.4. The fourth-order valence-corrected chi connectivity index (χ4v) is 3.29. The molecule has 6 nitrogen and oxygen atoms in total. The third-order valence-electron chi connectivity index (χ3n) is 5.99. The standard InChI is InChI=1S/3C6HF5O.3C4H8O.Yb/c3*7-1-2(8)4(10)6(12)5(11)3(1)9;3*1-2-4-5-3-1;/h3*12H;3*1-4H2;/q;;;;;;+3/p-3. The Morgan fingerprint density at radius 2 is 0.365 bits per heavy atom. The molecule has 3 aromatic carbocycles. The summed E-state index contributed by atoms with van der Waals surface area (Å²) in [5, 5.41) is 30.5. The van der Waals surface area contributed by atoms with Crippen molar-refractivity contribution in [2.75, 3.05) is 39.6 Å². The van der Waals surface area contributed by atoms with Crippen molar-refractivity contribution in [3.05, 3.63) is 87.3 Å². The van der Waals surface area contributed by atoms with Crippen LogP contribution in [0.4, 0.5) is 65.9 Å². The average Bonchev–Trinajstić information content (AvgIpc) is 3.99. The van der Waals surface area contributed by atoms with Gasteiger partial charge in [0, 0.05) is 39.6 Å². The zero-order valence-electron chi connectivity index (χ0n) is 25.9. The van der Waals surface area contributed by atoms with Crippen molar-refractivity contribution in [1.82, 2.24) is 0 Å². The Morgan fingerprint density at radius 1 is 0.250 bits per heavy atom. The molecule has 6 rings (SSSR count). The molecule has 299 valence electrons. The van der Waals surface area contributed by atoms with Gasteiger partial charge in [0.15, 0.2) is 87.3 Å². The molecular formula is C30H24F15O6Yb. The van der Waals surface area contributed by atoms with Gasteiger partial charge in [-0.25, -0.2) is 65.9 Å². The van der Waals surface area contributed by atoms with Crippen LogP contribution in [-0.4, -0.2) is 39.6 Å². The summed E-state index contributed by atoms with van der Waals surface area (Å²) in [7, 11) is 0. The van der Waals surface area contributed by atoms with Crippen LogP contribution in [0.1, 0.15) is 38.5 Å². The third-order valence-corrected chi connectivity index (χ3v) is 5.99. The molecule has 3 aliphatic rings. The molecule has 3 aliphatic heterocycles. The first-order chi connectivity index (χ1) is 23.9. The summed E-state index contributed by atoms with van der Waals surface area (Å²) < 4.78 is 196. The van der Waals surface area contributed by atoms with Crippen molar-refractivity contribution in [3.8, 4) is 17.2 Å². The van der Waals surface area contributed by atoms with E-state index < -0.39 is 105 Å². The van der Waals surface area contributed by atoms with Crippen LogP contribution in [0.5, 0.6) is 17.2 Å². The molecule has 1 radical (unpaired) electrons. The van der Waals surface area contributed by atoms with Gasteiger partial charge in [-0.2, -0.15) is 0 Å². The molecule has 0 amide bonds. The van der Waals surface area contributed by atoms with Crippen molar-refractivity contribution in [2.45, 2.75) is 38.5 Å². The largest absolute Gasteiger partial charge is 3.00 e. The molecule has 0 aromatic heterocycles. The van der Waals surface area contributed by atoms with Crippen LogP contribution in [0, 0.1) is 134 Å². The second kappa shape index (κ2) is 24.7. The van der Waals surface area contributed by atoms with Crippen LogP contribution in [0.2, 0.25) is 0 Å². The summed E-state index contributed by atoms with van der Waals surface area (Å²) in [6.07, 6.45) is 7.67. The van der Waals surface area contributed by atoms with E-state index in [1.165, 1.54) is 38.5 Å². The van der Waals surface area contributed by atoms with Gasteiger partial charge in [-0.15, -0.1) is 0 Å². The predicted molar refractivity (Wildman–Crippen MR) is 137 cm³/mol. The summed E-state index contributed by atoms with van der Waals surface area (Å²) in [5.41, 5.74) is 0. The topological polar surface area (TPSA) is 96.9 Å². The zero-order valence-corrected chi connectivity index (χ0v) is 27.6. The van der Waals surface area contributed by atoms with E-state index in [1.807, 2.05) is 0 Å². The number of halogens is 15. The van der Waals surface area contributed by atoms with Crippen LogP contribution in [0.3, 0.4) is 0 Å². The van der Waals surface area contributed by atoms with Crippen molar-refractivity contribution < 1.29 is 142 Å². The van der Waals surface area contributed by atoms with E-state index in [0.717, 1.165) is 39.6 Å². The van der Waals surface area contributed by atoms with Crippen LogP contribution in [0.25, 0.3) is 0 Å². The minimum Gasteiger partial charge on any atom is -0.868 e. The Hall–Kier alpha value is -2.59. The van der Waals surface area contributed by atoms with Crippen LogP contribution >= 0.6 is 0 Å². The minimum atomic E-state index is -2.33. The van der Waals surface area contributed by atoms with Gasteiger partial charge in [-0.05, 0) is 55.8 Å². The Balaban J connectivity index is 0.000000622.